The smallest absolute Gasteiger partial charge is 0.338 e. The van der Waals surface area contributed by atoms with E-state index in [4.69, 9.17) is 21.9 Å². The van der Waals surface area contributed by atoms with Gasteiger partial charge in [0.05, 0.1) is 13.0 Å². The Bertz CT molecular complexity index is 314. The predicted molar refractivity (Wildman–Crippen MR) is 56.1 cm³/mol. The molecule has 0 unspecified atom stereocenters. The Hall–Kier alpha value is -1.05. The van der Waals surface area contributed by atoms with Gasteiger partial charge in [0, 0.05) is 5.03 Å². The van der Waals surface area contributed by atoms with Crippen LogP contribution in [0.2, 0.25) is 0 Å². The first-order valence-electron chi connectivity index (χ1n) is 4.68. The number of hydrogen-bond acceptors (Lipinski definition) is 1. The average Bonchev–Trinajstić information content (AvgIpc) is 2.20. The molecule has 0 heterocycles. The highest BCUT2D eigenvalue weighted by molar-refractivity contribution is 6.32. The second-order valence-electron chi connectivity index (χ2n) is 3.07. The van der Waals surface area contributed by atoms with Crippen molar-refractivity contribution in [2.45, 2.75) is 26.2 Å². The molecule has 0 N–H and O–H groups in total. The molecule has 4 heteroatoms. The molecule has 0 bridgehead atoms. The second-order valence-corrected chi connectivity index (χ2v) is 3.56. The van der Waals surface area contributed by atoms with Gasteiger partial charge in [0.1, 0.15) is 0 Å². The molecular weight excluding hydrogens is 200 g/mol. The molecule has 0 fully saturated rings. The van der Waals surface area contributed by atoms with Crippen LogP contribution >= 0.6 is 11.6 Å². The van der Waals surface area contributed by atoms with Gasteiger partial charge in [0.25, 0.3) is 0 Å². The predicted octanol–water partition coefficient (Wildman–Crippen LogP) is 2.88. The van der Waals surface area contributed by atoms with E-state index in [1.54, 1.807) is 12.2 Å². The number of ether oxygens (including phenoxy) is 1. The third kappa shape index (κ3) is 3.02. The van der Waals surface area contributed by atoms with Crippen molar-refractivity contribution in [1.82, 2.24) is 0 Å². The maximum atomic E-state index is 8.72. The molecule has 0 amide bonds. The molecule has 0 saturated heterocycles. The second kappa shape index (κ2) is 5.63. The maximum Gasteiger partial charge on any atom is 0.338 e. The van der Waals surface area contributed by atoms with Crippen LogP contribution in [0, 0.1) is 0 Å². The zero-order valence-electron chi connectivity index (χ0n) is 8.16. The van der Waals surface area contributed by atoms with Crippen LogP contribution < -0.4 is 0 Å². The summed E-state index contributed by atoms with van der Waals surface area (Å²) < 4.78 is 5.44. The standard InChI is InChI=1S/C10H13ClN2O/c1-2-3-6-14-10-5-4-8(11)7-9(10)13-12/h4-5H,2-3,6-7H2,1H3. The number of unbranched alkanes of at least 4 members (excludes halogenated alkanes) is 1. The topological polar surface area (TPSA) is 45.6 Å². The van der Waals surface area contributed by atoms with Crippen LogP contribution in [0.15, 0.2) is 22.9 Å². The van der Waals surface area contributed by atoms with Crippen molar-refractivity contribution in [3.63, 3.8) is 0 Å². The molecule has 1 aliphatic rings. The lowest BCUT2D eigenvalue weighted by atomic mass is 10.1. The van der Waals surface area contributed by atoms with E-state index in [9.17, 15) is 0 Å². The molecule has 3 nitrogen and oxygen atoms in total. The van der Waals surface area contributed by atoms with Gasteiger partial charge >= 0.3 is 5.71 Å². The number of hydrogen-bond donors (Lipinski definition) is 0. The number of halogens is 1. The molecule has 0 saturated carbocycles. The number of allylic oxidation sites excluding steroid dienone is 4. The Labute approximate surface area is 88.6 Å². The van der Waals surface area contributed by atoms with E-state index in [0.717, 1.165) is 12.8 Å². The van der Waals surface area contributed by atoms with Crippen molar-refractivity contribution in [3.8, 4) is 0 Å². The summed E-state index contributed by atoms with van der Waals surface area (Å²) in [4.78, 5) is 3.16. The summed E-state index contributed by atoms with van der Waals surface area (Å²) in [5.74, 6) is 0.616. The van der Waals surface area contributed by atoms with Gasteiger partial charge in [-0.15, -0.1) is 0 Å². The van der Waals surface area contributed by atoms with E-state index >= 15 is 0 Å². The van der Waals surface area contributed by atoms with E-state index in [-0.39, 0.29) is 0 Å². The van der Waals surface area contributed by atoms with Gasteiger partial charge < -0.3 is 10.3 Å². The van der Waals surface area contributed by atoms with Crippen LogP contribution in [-0.4, -0.2) is 17.1 Å². The highest BCUT2D eigenvalue weighted by Crippen LogP contribution is 2.18. The van der Waals surface area contributed by atoms with Crippen LogP contribution in [0.3, 0.4) is 0 Å². The highest BCUT2D eigenvalue weighted by atomic mass is 35.5. The van der Waals surface area contributed by atoms with Crippen LogP contribution in [0.25, 0.3) is 5.53 Å². The van der Waals surface area contributed by atoms with Gasteiger partial charge in [-0.05, 0) is 18.6 Å². The monoisotopic (exact) mass is 212 g/mol. The summed E-state index contributed by atoms with van der Waals surface area (Å²) in [5, 5.41) is 0.653. The van der Waals surface area contributed by atoms with Crippen molar-refractivity contribution >= 4 is 17.3 Å². The largest absolute Gasteiger partial charge is 0.486 e. The molecule has 0 aliphatic heterocycles. The minimum Gasteiger partial charge on any atom is -0.486 e. The summed E-state index contributed by atoms with van der Waals surface area (Å²) in [5.41, 5.74) is 9.21. The van der Waals surface area contributed by atoms with E-state index in [1.165, 1.54) is 0 Å². The van der Waals surface area contributed by atoms with Gasteiger partial charge in [-0.3, -0.25) is 0 Å². The molecule has 0 spiro atoms. The van der Waals surface area contributed by atoms with E-state index in [2.05, 4.69) is 11.7 Å². The first-order valence-corrected chi connectivity index (χ1v) is 5.06. The molecule has 0 aromatic carbocycles. The molecule has 0 aromatic rings. The molecular formula is C10H13ClN2O. The maximum absolute atomic E-state index is 8.72. The van der Waals surface area contributed by atoms with Crippen LogP contribution in [0.1, 0.15) is 26.2 Å². The fraction of sp³-hybridized carbons (Fsp3) is 0.500. The van der Waals surface area contributed by atoms with Crippen LogP contribution in [0.5, 0.6) is 0 Å². The quantitative estimate of drug-likeness (QED) is 0.402. The number of rotatable bonds is 4. The molecule has 76 valence electrons. The first kappa shape index (κ1) is 11.0. The summed E-state index contributed by atoms with van der Waals surface area (Å²) in [6.07, 6.45) is 6.01. The summed E-state index contributed by atoms with van der Waals surface area (Å²) in [7, 11) is 0. The van der Waals surface area contributed by atoms with E-state index in [0.29, 0.717) is 29.5 Å². The van der Waals surface area contributed by atoms with Crippen molar-refractivity contribution in [3.05, 3.63) is 28.5 Å². The van der Waals surface area contributed by atoms with Gasteiger partial charge in [-0.2, -0.15) is 4.79 Å². The van der Waals surface area contributed by atoms with Gasteiger partial charge in [-0.25, -0.2) is 0 Å². The molecule has 1 aliphatic carbocycles. The molecule has 14 heavy (non-hydrogen) atoms. The zero-order chi connectivity index (χ0) is 10.4. The normalized spacial score (nSPS) is 15.7. The molecule has 0 radical (unpaired) electrons. The Kier molecular flexibility index (Phi) is 4.44. The Morgan fingerprint density at radius 1 is 1.57 bits per heavy atom. The Morgan fingerprint density at radius 2 is 2.36 bits per heavy atom. The van der Waals surface area contributed by atoms with Crippen LogP contribution in [-0.2, 0) is 4.74 Å². The van der Waals surface area contributed by atoms with E-state index < -0.39 is 0 Å². The lowest BCUT2D eigenvalue weighted by Gasteiger charge is -2.08. The summed E-state index contributed by atoms with van der Waals surface area (Å²) in [6.45, 7) is 2.74. The minimum atomic E-state index is 0.440. The zero-order valence-corrected chi connectivity index (χ0v) is 8.92. The summed E-state index contributed by atoms with van der Waals surface area (Å²) in [6, 6.07) is 0. The van der Waals surface area contributed by atoms with Crippen molar-refractivity contribution < 1.29 is 9.53 Å². The average molecular weight is 213 g/mol. The lowest BCUT2D eigenvalue weighted by Crippen LogP contribution is -2.11. The first-order chi connectivity index (χ1) is 6.77. The molecule has 1 rings (SSSR count). The Balaban J connectivity index is 2.61. The van der Waals surface area contributed by atoms with Crippen molar-refractivity contribution in [1.29, 1.82) is 0 Å². The fourth-order valence-electron chi connectivity index (χ4n) is 1.11. The molecule has 0 atom stereocenters. The third-order valence-electron chi connectivity index (χ3n) is 1.91. The van der Waals surface area contributed by atoms with Gasteiger partial charge in [0.2, 0.25) is 5.76 Å². The SMILES string of the molecule is CCCCOC1=CC=C(Cl)CC1=[N+]=[N-]. The van der Waals surface area contributed by atoms with Crippen molar-refractivity contribution in [2.24, 2.45) is 0 Å². The van der Waals surface area contributed by atoms with Gasteiger partial charge in [0.15, 0.2) is 0 Å². The minimum absolute atomic E-state index is 0.440. The van der Waals surface area contributed by atoms with Crippen molar-refractivity contribution in [2.75, 3.05) is 6.61 Å². The Morgan fingerprint density at radius 3 is 3.00 bits per heavy atom. The van der Waals surface area contributed by atoms with Crippen LogP contribution in [0.4, 0.5) is 0 Å². The van der Waals surface area contributed by atoms with E-state index in [1.807, 2.05) is 0 Å². The third-order valence-corrected chi connectivity index (χ3v) is 2.17. The lowest BCUT2D eigenvalue weighted by molar-refractivity contribution is -0.0122. The van der Waals surface area contributed by atoms with Gasteiger partial charge in [-0.1, -0.05) is 24.9 Å². The summed E-state index contributed by atoms with van der Waals surface area (Å²) >= 11 is 5.79. The molecule has 0 aromatic heterocycles. The number of nitrogens with zero attached hydrogens (tertiary/aromatic N) is 2. The fourth-order valence-corrected chi connectivity index (χ4v) is 1.30. The highest BCUT2D eigenvalue weighted by Gasteiger charge is 2.21.